The number of ether oxygens (including phenoxy) is 1. The van der Waals surface area contributed by atoms with Crippen LogP contribution < -0.4 is 0 Å². The fraction of sp³-hybridized carbons (Fsp3) is 0.227. The van der Waals surface area contributed by atoms with Crippen LogP contribution in [0.4, 0.5) is 4.79 Å². The van der Waals surface area contributed by atoms with Crippen molar-refractivity contribution in [3.05, 3.63) is 69.6 Å². The van der Waals surface area contributed by atoms with Crippen molar-refractivity contribution in [3.8, 4) is 11.4 Å². The molecule has 0 fully saturated rings. The van der Waals surface area contributed by atoms with Gasteiger partial charge in [0.25, 0.3) is 0 Å². The van der Waals surface area contributed by atoms with Crippen LogP contribution in [0.1, 0.15) is 35.7 Å². The Labute approximate surface area is 186 Å². The molecule has 2 aromatic heterocycles. The number of benzene rings is 2. The molecule has 9 heteroatoms. The lowest BCUT2D eigenvalue weighted by molar-refractivity contribution is -0.173. The molecular weight excluding hydrogens is 464 g/mol. The highest BCUT2D eigenvalue weighted by molar-refractivity contribution is 9.10. The number of aromatic amines is 1. The molecular formula is C22H19BrN4O4. The summed E-state index contributed by atoms with van der Waals surface area (Å²) in [4.78, 5) is 26.2. The van der Waals surface area contributed by atoms with Crippen molar-refractivity contribution >= 4 is 32.9 Å². The van der Waals surface area contributed by atoms with Crippen LogP contribution in [0.25, 0.3) is 22.3 Å². The number of carbonyl (C=O) groups is 1. The van der Waals surface area contributed by atoms with Crippen molar-refractivity contribution in [2.24, 2.45) is 0 Å². The number of nitrogens with zero attached hydrogens (tertiary/aromatic N) is 3. The summed E-state index contributed by atoms with van der Waals surface area (Å²) in [7, 11) is 1.34. The van der Waals surface area contributed by atoms with Crippen LogP contribution in [0.5, 0.6) is 0 Å². The predicted octanol–water partition coefficient (Wildman–Crippen LogP) is 5.15. The summed E-state index contributed by atoms with van der Waals surface area (Å²) >= 11 is 3.53. The van der Waals surface area contributed by atoms with Gasteiger partial charge in [-0.3, -0.25) is 4.84 Å². The molecule has 1 atom stereocenters. The number of H-pyrrole nitrogens is 1. The Morgan fingerprint density at radius 2 is 2.10 bits per heavy atom. The van der Waals surface area contributed by atoms with Crippen LogP contribution in [-0.2, 0) is 22.6 Å². The van der Waals surface area contributed by atoms with E-state index in [0.717, 1.165) is 37.8 Å². The van der Waals surface area contributed by atoms with Gasteiger partial charge in [0.2, 0.25) is 11.7 Å². The average molecular weight is 483 g/mol. The zero-order valence-corrected chi connectivity index (χ0v) is 18.5. The molecule has 4 aromatic rings. The molecule has 5 rings (SSSR count). The van der Waals surface area contributed by atoms with Gasteiger partial charge in [-0.2, -0.15) is 10.0 Å². The zero-order valence-electron chi connectivity index (χ0n) is 16.9. The molecule has 2 aromatic carbocycles. The SMILES string of the molecule is CCc1nc(-c2ccc(C3c4[nH]c5ccc(Br)cc5c4CON3C(=O)OC)cc2)no1. The van der Waals surface area contributed by atoms with Gasteiger partial charge in [-0.15, -0.1) is 0 Å². The van der Waals surface area contributed by atoms with Gasteiger partial charge in [-0.1, -0.05) is 52.3 Å². The zero-order chi connectivity index (χ0) is 21.5. The van der Waals surface area contributed by atoms with Crippen molar-refractivity contribution in [1.29, 1.82) is 0 Å². The van der Waals surface area contributed by atoms with E-state index in [0.29, 0.717) is 18.1 Å². The van der Waals surface area contributed by atoms with Crippen LogP contribution in [0.3, 0.4) is 0 Å². The van der Waals surface area contributed by atoms with Crippen molar-refractivity contribution in [3.63, 3.8) is 0 Å². The Bertz CT molecular complexity index is 1260. The molecule has 0 aliphatic carbocycles. The average Bonchev–Trinajstić information content (AvgIpc) is 3.42. The molecule has 0 spiro atoms. The van der Waals surface area contributed by atoms with Gasteiger partial charge in [0, 0.05) is 32.9 Å². The minimum absolute atomic E-state index is 0.262. The Hall–Kier alpha value is -3.17. The van der Waals surface area contributed by atoms with Crippen LogP contribution in [0, 0.1) is 0 Å². The summed E-state index contributed by atoms with van der Waals surface area (Å²) in [6.45, 7) is 2.22. The van der Waals surface area contributed by atoms with Crippen LogP contribution in [0.15, 0.2) is 51.5 Å². The fourth-order valence-corrected chi connectivity index (χ4v) is 4.20. The monoisotopic (exact) mass is 482 g/mol. The van der Waals surface area contributed by atoms with E-state index in [9.17, 15) is 4.79 Å². The number of hydrogen-bond acceptors (Lipinski definition) is 6. The first-order valence-corrected chi connectivity index (χ1v) is 10.6. The van der Waals surface area contributed by atoms with E-state index in [1.165, 1.54) is 12.2 Å². The number of rotatable bonds is 3. The number of methoxy groups -OCH3 is 1. The van der Waals surface area contributed by atoms with Crippen LogP contribution in [0.2, 0.25) is 0 Å². The molecule has 1 N–H and O–H groups in total. The minimum atomic E-state index is -0.565. The number of carbonyl (C=O) groups excluding carboxylic acids is 1. The Morgan fingerprint density at radius 3 is 2.81 bits per heavy atom. The third-order valence-electron chi connectivity index (χ3n) is 5.37. The summed E-state index contributed by atoms with van der Waals surface area (Å²) in [5.74, 6) is 1.12. The Kier molecular flexibility index (Phi) is 4.99. The molecule has 0 radical (unpaired) electrons. The number of hydrogen-bond donors (Lipinski definition) is 1. The van der Waals surface area contributed by atoms with Gasteiger partial charge in [0.05, 0.1) is 12.8 Å². The van der Waals surface area contributed by atoms with E-state index in [4.69, 9.17) is 14.1 Å². The second kappa shape index (κ2) is 7.82. The molecule has 158 valence electrons. The van der Waals surface area contributed by atoms with Crippen molar-refractivity contribution < 1.29 is 18.9 Å². The van der Waals surface area contributed by atoms with Gasteiger partial charge in [0.1, 0.15) is 12.6 Å². The fourth-order valence-electron chi connectivity index (χ4n) is 3.84. The quantitative estimate of drug-likeness (QED) is 0.434. The second-order valence-corrected chi connectivity index (χ2v) is 8.08. The molecule has 1 amide bonds. The first-order chi connectivity index (χ1) is 15.1. The molecule has 8 nitrogen and oxygen atoms in total. The molecule has 31 heavy (non-hydrogen) atoms. The minimum Gasteiger partial charge on any atom is -0.451 e. The number of amides is 1. The van der Waals surface area contributed by atoms with E-state index in [-0.39, 0.29) is 6.61 Å². The smallest absolute Gasteiger partial charge is 0.434 e. The van der Waals surface area contributed by atoms with E-state index in [1.54, 1.807) is 0 Å². The summed E-state index contributed by atoms with van der Waals surface area (Å²) in [6.07, 6.45) is 0.114. The van der Waals surface area contributed by atoms with Gasteiger partial charge < -0.3 is 14.2 Å². The van der Waals surface area contributed by atoms with Crippen LogP contribution >= 0.6 is 15.9 Å². The molecule has 0 saturated carbocycles. The molecule has 3 heterocycles. The first-order valence-electron chi connectivity index (χ1n) is 9.82. The number of halogens is 1. The van der Waals surface area contributed by atoms with Gasteiger partial charge >= 0.3 is 6.09 Å². The number of aryl methyl sites for hydroxylation is 1. The van der Waals surface area contributed by atoms with Crippen molar-refractivity contribution in [1.82, 2.24) is 20.2 Å². The first kappa shape index (κ1) is 19.8. The Morgan fingerprint density at radius 1 is 1.29 bits per heavy atom. The normalized spacial score (nSPS) is 15.8. The lowest BCUT2D eigenvalue weighted by atomic mass is 9.97. The number of fused-ring (bicyclic) bond motifs is 3. The highest BCUT2D eigenvalue weighted by Crippen LogP contribution is 2.40. The molecule has 1 unspecified atom stereocenters. The topological polar surface area (TPSA) is 93.5 Å². The van der Waals surface area contributed by atoms with Crippen molar-refractivity contribution in [2.75, 3.05) is 7.11 Å². The standard InChI is InChI=1S/C22H19BrN4O4/c1-3-18-25-21(26-31-18)13-6-4-12(5-7-13)20-19-16(11-30-27(20)22(28)29-2)15-10-14(23)8-9-17(15)24-19/h4-10,20,24H,3,11H2,1-2H3. The van der Waals surface area contributed by atoms with Gasteiger partial charge in [-0.25, -0.2) is 4.79 Å². The predicted molar refractivity (Wildman–Crippen MR) is 116 cm³/mol. The molecule has 0 saturated heterocycles. The number of hydroxylamine groups is 2. The lowest BCUT2D eigenvalue weighted by Gasteiger charge is -2.33. The highest BCUT2D eigenvalue weighted by Gasteiger charge is 2.36. The van der Waals surface area contributed by atoms with Crippen molar-refractivity contribution in [2.45, 2.75) is 26.0 Å². The summed E-state index contributed by atoms with van der Waals surface area (Å²) in [5, 5.41) is 6.34. The summed E-state index contributed by atoms with van der Waals surface area (Å²) in [6, 6.07) is 13.2. The molecule has 0 bridgehead atoms. The largest absolute Gasteiger partial charge is 0.451 e. The third-order valence-corrected chi connectivity index (χ3v) is 5.86. The van der Waals surface area contributed by atoms with Gasteiger partial charge in [-0.05, 0) is 23.8 Å². The maximum atomic E-state index is 12.5. The highest BCUT2D eigenvalue weighted by atomic mass is 79.9. The Balaban J connectivity index is 1.59. The van der Waals surface area contributed by atoms with E-state index < -0.39 is 12.1 Å². The third kappa shape index (κ3) is 3.39. The molecule has 1 aliphatic rings. The maximum absolute atomic E-state index is 12.5. The lowest BCUT2D eigenvalue weighted by Crippen LogP contribution is -2.38. The van der Waals surface area contributed by atoms with E-state index in [1.807, 2.05) is 49.4 Å². The van der Waals surface area contributed by atoms with Crippen LogP contribution in [-0.4, -0.2) is 33.4 Å². The number of nitrogens with one attached hydrogen (secondary N) is 1. The summed E-state index contributed by atoms with van der Waals surface area (Å²) in [5.41, 5.74) is 4.57. The van der Waals surface area contributed by atoms with E-state index >= 15 is 0 Å². The summed E-state index contributed by atoms with van der Waals surface area (Å²) < 4.78 is 11.2. The van der Waals surface area contributed by atoms with E-state index in [2.05, 4.69) is 31.1 Å². The molecule has 1 aliphatic heterocycles. The second-order valence-electron chi connectivity index (χ2n) is 7.17. The maximum Gasteiger partial charge on any atom is 0.434 e. The van der Waals surface area contributed by atoms with Gasteiger partial charge in [0.15, 0.2) is 0 Å². The number of aromatic nitrogens is 3.